The standard InChI is InChI=1S/C21H33N3O3S/c1-16-8-9-20(17(2)14-16)28(26,27)23-12-10-22(11-13-23)15-21(25)24-18(3)6-5-7-19(24)4/h8-9,14,18-19H,5-7,10-13,15H2,1-4H3/t18-,19+. The summed E-state index contributed by atoms with van der Waals surface area (Å²) in [7, 11) is -3.49. The first-order valence-electron chi connectivity index (χ1n) is 10.3. The Morgan fingerprint density at radius 2 is 1.64 bits per heavy atom. The lowest BCUT2D eigenvalue weighted by molar-refractivity contribution is -0.138. The molecule has 2 saturated heterocycles. The number of carbonyl (C=O) groups is 1. The quantitative estimate of drug-likeness (QED) is 0.769. The smallest absolute Gasteiger partial charge is 0.243 e. The summed E-state index contributed by atoms with van der Waals surface area (Å²) in [6.07, 6.45) is 3.32. The number of likely N-dealkylation sites (tertiary alicyclic amines) is 1. The molecule has 0 unspecified atom stereocenters. The molecule has 28 heavy (non-hydrogen) atoms. The van der Waals surface area contributed by atoms with Gasteiger partial charge in [0.1, 0.15) is 0 Å². The van der Waals surface area contributed by atoms with Crippen molar-refractivity contribution in [3.63, 3.8) is 0 Å². The van der Waals surface area contributed by atoms with Crippen molar-refractivity contribution < 1.29 is 13.2 Å². The Bertz CT molecular complexity index is 806. The van der Waals surface area contributed by atoms with E-state index in [-0.39, 0.29) is 5.91 Å². The molecule has 2 aliphatic rings. The molecule has 0 bridgehead atoms. The van der Waals surface area contributed by atoms with Crippen LogP contribution in [0.1, 0.15) is 44.2 Å². The highest BCUT2D eigenvalue weighted by Gasteiger charge is 2.33. The summed E-state index contributed by atoms with van der Waals surface area (Å²) in [4.78, 5) is 17.3. The molecule has 0 spiro atoms. The van der Waals surface area contributed by atoms with E-state index in [0.29, 0.717) is 49.7 Å². The van der Waals surface area contributed by atoms with E-state index in [1.165, 1.54) is 6.42 Å². The lowest BCUT2D eigenvalue weighted by Crippen LogP contribution is -2.54. The summed E-state index contributed by atoms with van der Waals surface area (Å²) < 4.78 is 27.6. The van der Waals surface area contributed by atoms with Gasteiger partial charge in [-0.15, -0.1) is 0 Å². The van der Waals surface area contributed by atoms with Gasteiger partial charge in [-0.1, -0.05) is 17.7 Å². The van der Waals surface area contributed by atoms with Crippen molar-refractivity contribution >= 4 is 15.9 Å². The number of hydrogen-bond donors (Lipinski definition) is 0. The van der Waals surface area contributed by atoms with Crippen LogP contribution in [-0.2, 0) is 14.8 Å². The number of rotatable bonds is 4. The Morgan fingerprint density at radius 3 is 2.21 bits per heavy atom. The monoisotopic (exact) mass is 407 g/mol. The van der Waals surface area contributed by atoms with E-state index in [9.17, 15) is 13.2 Å². The number of nitrogens with zero attached hydrogens (tertiary/aromatic N) is 3. The highest BCUT2D eigenvalue weighted by molar-refractivity contribution is 7.89. The van der Waals surface area contributed by atoms with Gasteiger partial charge in [0.15, 0.2) is 0 Å². The number of hydrogen-bond acceptors (Lipinski definition) is 4. The molecule has 3 rings (SSSR count). The maximum Gasteiger partial charge on any atom is 0.243 e. The molecule has 2 aliphatic heterocycles. The molecule has 2 atom stereocenters. The summed E-state index contributed by atoms with van der Waals surface area (Å²) in [5.41, 5.74) is 1.84. The van der Waals surface area contributed by atoms with Gasteiger partial charge in [0.2, 0.25) is 15.9 Å². The first kappa shape index (κ1) is 21.3. The van der Waals surface area contributed by atoms with Crippen molar-refractivity contribution in [2.75, 3.05) is 32.7 Å². The molecule has 0 N–H and O–H groups in total. The van der Waals surface area contributed by atoms with Crippen LogP contribution < -0.4 is 0 Å². The number of aryl methyl sites for hydroxylation is 2. The van der Waals surface area contributed by atoms with Crippen molar-refractivity contribution in [3.05, 3.63) is 29.3 Å². The maximum absolute atomic E-state index is 13.0. The third kappa shape index (κ3) is 4.42. The number of piperidine rings is 1. The second-order valence-corrected chi connectivity index (χ2v) is 10.3. The van der Waals surface area contributed by atoms with Gasteiger partial charge in [-0.25, -0.2) is 8.42 Å². The zero-order valence-electron chi connectivity index (χ0n) is 17.5. The van der Waals surface area contributed by atoms with Crippen LogP contribution in [0.2, 0.25) is 0 Å². The molecular formula is C21H33N3O3S. The number of sulfonamides is 1. The van der Waals surface area contributed by atoms with E-state index in [2.05, 4.69) is 18.7 Å². The third-order valence-electron chi connectivity index (χ3n) is 6.12. The molecule has 1 aromatic carbocycles. The predicted molar refractivity (Wildman–Crippen MR) is 111 cm³/mol. The molecule has 7 heteroatoms. The summed E-state index contributed by atoms with van der Waals surface area (Å²) in [5.74, 6) is 0.172. The van der Waals surface area contributed by atoms with E-state index in [0.717, 1.165) is 24.0 Å². The summed E-state index contributed by atoms with van der Waals surface area (Å²) in [6, 6.07) is 6.04. The number of amides is 1. The second-order valence-electron chi connectivity index (χ2n) is 8.38. The SMILES string of the molecule is Cc1ccc(S(=O)(=O)N2CCN(CC(=O)N3[C@H](C)CCC[C@@H]3C)CC2)c(C)c1. The number of carbonyl (C=O) groups excluding carboxylic acids is 1. The van der Waals surface area contributed by atoms with Crippen LogP contribution in [-0.4, -0.2) is 73.2 Å². The van der Waals surface area contributed by atoms with Crippen LogP contribution in [0, 0.1) is 13.8 Å². The normalized spacial score (nSPS) is 25.1. The number of piperazine rings is 1. The lowest BCUT2D eigenvalue weighted by Gasteiger charge is -2.41. The Morgan fingerprint density at radius 1 is 1.04 bits per heavy atom. The Hall–Kier alpha value is -1.44. The van der Waals surface area contributed by atoms with Crippen molar-refractivity contribution in [3.8, 4) is 0 Å². The van der Waals surface area contributed by atoms with Crippen LogP contribution in [0.5, 0.6) is 0 Å². The van der Waals surface area contributed by atoms with Crippen LogP contribution in [0.15, 0.2) is 23.1 Å². The fraction of sp³-hybridized carbons (Fsp3) is 0.667. The van der Waals surface area contributed by atoms with E-state index in [1.54, 1.807) is 10.4 Å². The van der Waals surface area contributed by atoms with Crippen molar-refractivity contribution in [2.24, 2.45) is 0 Å². The van der Waals surface area contributed by atoms with Crippen LogP contribution in [0.25, 0.3) is 0 Å². The van der Waals surface area contributed by atoms with Crippen LogP contribution in [0.4, 0.5) is 0 Å². The fourth-order valence-electron chi connectivity index (χ4n) is 4.54. The average Bonchev–Trinajstić information content (AvgIpc) is 2.61. The highest BCUT2D eigenvalue weighted by Crippen LogP contribution is 2.24. The van der Waals surface area contributed by atoms with E-state index < -0.39 is 10.0 Å². The topological polar surface area (TPSA) is 60.9 Å². The van der Waals surface area contributed by atoms with Gasteiger partial charge in [0.25, 0.3) is 0 Å². The van der Waals surface area contributed by atoms with Crippen molar-refractivity contribution in [1.82, 2.24) is 14.1 Å². The molecule has 156 valence electrons. The molecular weight excluding hydrogens is 374 g/mol. The van der Waals surface area contributed by atoms with Crippen molar-refractivity contribution in [1.29, 1.82) is 0 Å². The second kappa shape index (κ2) is 8.51. The molecule has 6 nitrogen and oxygen atoms in total. The Kier molecular flexibility index (Phi) is 6.47. The summed E-state index contributed by atoms with van der Waals surface area (Å²) >= 11 is 0. The largest absolute Gasteiger partial charge is 0.336 e. The van der Waals surface area contributed by atoms with Gasteiger partial charge >= 0.3 is 0 Å². The highest BCUT2D eigenvalue weighted by atomic mass is 32.2. The molecule has 0 saturated carbocycles. The molecule has 2 heterocycles. The molecule has 0 aliphatic carbocycles. The Balaban J connectivity index is 1.60. The molecule has 0 radical (unpaired) electrons. The van der Waals surface area contributed by atoms with E-state index >= 15 is 0 Å². The molecule has 2 fully saturated rings. The van der Waals surface area contributed by atoms with Gasteiger partial charge < -0.3 is 4.90 Å². The Labute approximate surface area is 169 Å². The molecule has 1 amide bonds. The van der Waals surface area contributed by atoms with Gasteiger partial charge in [-0.05, 0) is 58.6 Å². The minimum absolute atomic E-state index is 0.172. The van der Waals surface area contributed by atoms with Gasteiger partial charge in [-0.2, -0.15) is 4.31 Å². The summed E-state index contributed by atoms with van der Waals surface area (Å²) in [6.45, 7) is 10.5. The van der Waals surface area contributed by atoms with Crippen molar-refractivity contribution in [2.45, 2.75) is 63.9 Å². The third-order valence-corrected chi connectivity index (χ3v) is 8.18. The van der Waals surface area contributed by atoms with Gasteiger partial charge in [0, 0.05) is 38.3 Å². The molecule has 0 aromatic heterocycles. The minimum Gasteiger partial charge on any atom is -0.336 e. The summed E-state index contributed by atoms with van der Waals surface area (Å²) in [5, 5.41) is 0. The number of benzene rings is 1. The lowest BCUT2D eigenvalue weighted by atomic mass is 9.97. The predicted octanol–water partition coefficient (Wildman–Crippen LogP) is 2.40. The first-order valence-corrected chi connectivity index (χ1v) is 11.7. The first-order chi connectivity index (χ1) is 13.2. The van der Waals surface area contributed by atoms with E-state index in [1.807, 2.05) is 30.9 Å². The van der Waals surface area contributed by atoms with Crippen LogP contribution >= 0.6 is 0 Å². The van der Waals surface area contributed by atoms with Gasteiger partial charge in [-0.3, -0.25) is 9.69 Å². The average molecular weight is 408 g/mol. The zero-order chi connectivity index (χ0) is 20.5. The molecule has 1 aromatic rings. The van der Waals surface area contributed by atoms with Gasteiger partial charge in [0.05, 0.1) is 11.4 Å². The maximum atomic E-state index is 13.0. The zero-order valence-corrected chi connectivity index (χ0v) is 18.3. The van der Waals surface area contributed by atoms with Crippen LogP contribution in [0.3, 0.4) is 0 Å². The van der Waals surface area contributed by atoms with E-state index in [4.69, 9.17) is 0 Å². The fourth-order valence-corrected chi connectivity index (χ4v) is 6.17. The minimum atomic E-state index is -3.49.